The first-order valence-electron chi connectivity index (χ1n) is 6.60. The number of aryl methyl sites for hydroxylation is 2. The summed E-state index contributed by atoms with van der Waals surface area (Å²) in [5, 5.41) is 0. The van der Waals surface area contributed by atoms with Crippen LogP contribution >= 0.6 is 0 Å². The lowest BCUT2D eigenvalue weighted by Gasteiger charge is -2.15. The van der Waals surface area contributed by atoms with Crippen LogP contribution in [0.5, 0.6) is 0 Å². The number of rotatable bonds is 1. The first-order chi connectivity index (χ1) is 9.08. The number of hydrogen-bond donors (Lipinski definition) is 1. The summed E-state index contributed by atoms with van der Waals surface area (Å²) in [6, 6.07) is 3.61. The lowest BCUT2D eigenvalue weighted by Crippen LogP contribution is -2.27. The monoisotopic (exact) mass is 258 g/mol. The maximum atomic E-state index is 12.4. The van der Waals surface area contributed by atoms with Crippen molar-refractivity contribution < 1.29 is 4.79 Å². The minimum absolute atomic E-state index is 0.0643. The molecule has 1 aromatic carbocycles. The summed E-state index contributed by atoms with van der Waals surface area (Å²) in [6.45, 7) is 3.62. The van der Waals surface area contributed by atoms with E-state index in [1.54, 1.807) is 6.07 Å². The lowest BCUT2D eigenvalue weighted by atomic mass is 10.1. The molecule has 0 spiro atoms. The molecule has 0 unspecified atom stereocenters. The van der Waals surface area contributed by atoms with E-state index in [1.165, 1.54) is 0 Å². The van der Waals surface area contributed by atoms with E-state index in [-0.39, 0.29) is 5.91 Å². The highest BCUT2D eigenvalue weighted by molar-refractivity contribution is 6.01. The van der Waals surface area contributed by atoms with Gasteiger partial charge in [0.2, 0.25) is 0 Å². The van der Waals surface area contributed by atoms with Crippen molar-refractivity contribution in [1.29, 1.82) is 0 Å². The van der Waals surface area contributed by atoms with Gasteiger partial charge in [-0.05, 0) is 31.9 Å². The number of imidazole rings is 1. The third kappa shape index (κ3) is 1.85. The summed E-state index contributed by atoms with van der Waals surface area (Å²) in [6.07, 6.45) is 2.18. The van der Waals surface area contributed by atoms with Crippen LogP contribution < -0.4 is 5.73 Å². The van der Waals surface area contributed by atoms with Gasteiger partial charge in [0.25, 0.3) is 5.91 Å². The fourth-order valence-electron chi connectivity index (χ4n) is 2.73. The van der Waals surface area contributed by atoms with Crippen LogP contribution in [-0.2, 0) is 7.05 Å². The van der Waals surface area contributed by atoms with Gasteiger partial charge < -0.3 is 15.2 Å². The van der Waals surface area contributed by atoms with Crippen molar-refractivity contribution in [3.63, 3.8) is 0 Å². The molecular formula is C14H18N4O. The van der Waals surface area contributed by atoms with Gasteiger partial charge in [0, 0.05) is 25.7 Å². The smallest absolute Gasteiger partial charge is 0.254 e. The molecule has 1 fully saturated rings. The summed E-state index contributed by atoms with van der Waals surface area (Å²) in [5.74, 6) is 0.960. The van der Waals surface area contributed by atoms with E-state index in [1.807, 2.05) is 29.5 Å². The number of aromatic nitrogens is 2. The number of anilines is 1. The molecule has 19 heavy (non-hydrogen) atoms. The summed E-state index contributed by atoms with van der Waals surface area (Å²) in [4.78, 5) is 18.7. The second kappa shape index (κ2) is 4.26. The van der Waals surface area contributed by atoms with Gasteiger partial charge in [-0.25, -0.2) is 4.98 Å². The van der Waals surface area contributed by atoms with E-state index in [4.69, 9.17) is 5.73 Å². The molecule has 2 heterocycles. The zero-order valence-corrected chi connectivity index (χ0v) is 11.3. The Kier molecular flexibility index (Phi) is 2.69. The van der Waals surface area contributed by atoms with Crippen LogP contribution in [0, 0.1) is 6.92 Å². The lowest BCUT2D eigenvalue weighted by molar-refractivity contribution is 0.0793. The van der Waals surface area contributed by atoms with Gasteiger partial charge in [0.1, 0.15) is 5.82 Å². The Morgan fingerprint density at radius 3 is 2.68 bits per heavy atom. The molecule has 3 rings (SSSR count). The summed E-state index contributed by atoms with van der Waals surface area (Å²) in [5.41, 5.74) is 9.03. The molecule has 0 atom stereocenters. The molecule has 1 aliphatic heterocycles. The first kappa shape index (κ1) is 12.0. The fourth-order valence-corrected chi connectivity index (χ4v) is 2.73. The van der Waals surface area contributed by atoms with E-state index in [9.17, 15) is 4.79 Å². The summed E-state index contributed by atoms with van der Waals surface area (Å²) < 4.78 is 1.95. The topological polar surface area (TPSA) is 64.2 Å². The van der Waals surface area contributed by atoms with Gasteiger partial charge in [-0.1, -0.05) is 0 Å². The maximum Gasteiger partial charge on any atom is 0.254 e. The van der Waals surface area contributed by atoms with Crippen LogP contribution in [0.4, 0.5) is 5.69 Å². The Labute approximate surface area is 112 Å². The van der Waals surface area contributed by atoms with Crippen molar-refractivity contribution in [2.75, 3.05) is 18.8 Å². The fraction of sp³-hybridized carbons (Fsp3) is 0.429. The van der Waals surface area contributed by atoms with Crippen LogP contribution in [0.25, 0.3) is 11.0 Å². The Morgan fingerprint density at radius 2 is 2.00 bits per heavy atom. The van der Waals surface area contributed by atoms with Crippen LogP contribution in [-0.4, -0.2) is 33.4 Å². The second-order valence-corrected chi connectivity index (χ2v) is 5.15. The highest BCUT2D eigenvalue weighted by Gasteiger charge is 2.21. The van der Waals surface area contributed by atoms with Gasteiger partial charge in [-0.15, -0.1) is 0 Å². The van der Waals surface area contributed by atoms with E-state index in [0.29, 0.717) is 11.3 Å². The van der Waals surface area contributed by atoms with Gasteiger partial charge in [0.05, 0.1) is 16.7 Å². The number of likely N-dealkylation sites (tertiary alicyclic amines) is 1. The first-order valence-corrected chi connectivity index (χ1v) is 6.60. The molecule has 5 heteroatoms. The number of benzene rings is 1. The molecular weight excluding hydrogens is 240 g/mol. The number of fused-ring (bicyclic) bond motifs is 1. The highest BCUT2D eigenvalue weighted by atomic mass is 16.2. The van der Waals surface area contributed by atoms with Crippen molar-refractivity contribution in [2.24, 2.45) is 7.05 Å². The number of hydrogen-bond acceptors (Lipinski definition) is 3. The minimum Gasteiger partial charge on any atom is -0.397 e. The minimum atomic E-state index is 0.0643. The highest BCUT2D eigenvalue weighted by Crippen LogP contribution is 2.25. The Bertz CT molecular complexity index is 653. The number of carbonyl (C=O) groups is 1. The van der Waals surface area contributed by atoms with Crippen LogP contribution in [0.15, 0.2) is 12.1 Å². The molecule has 1 aromatic heterocycles. The quantitative estimate of drug-likeness (QED) is 0.792. The van der Waals surface area contributed by atoms with Crippen molar-refractivity contribution in [3.8, 4) is 0 Å². The zero-order valence-electron chi connectivity index (χ0n) is 11.3. The molecule has 1 saturated heterocycles. The predicted octanol–water partition coefficient (Wildman–Crippen LogP) is 1.70. The average molecular weight is 258 g/mol. The van der Waals surface area contributed by atoms with Crippen molar-refractivity contribution in [1.82, 2.24) is 14.5 Å². The number of carbonyl (C=O) groups excluding carboxylic acids is 1. The molecule has 2 N–H and O–H groups in total. The Morgan fingerprint density at radius 1 is 1.32 bits per heavy atom. The van der Waals surface area contributed by atoms with Crippen molar-refractivity contribution in [2.45, 2.75) is 19.8 Å². The van der Waals surface area contributed by atoms with E-state index < -0.39 is 0 Å². The maximum absolute atomic E-state index is 12.4. The summed E-state index contributed by atoms with van der Waals surface area (Å²) in [7, 11) is 1.93. The Balaban J connectivity index is 2.08. The van der Waals surface area contributed by atoms with Gasteiger partial charge >= 0.3 is 0 Å². The third-order valence-electron chi connectivity index (χ3n) is 3.86. The van der Waals surface area contributed by atoms with Crippen LogP contribution in [0.3, 0.4) is 0 Å². The molecule has 5 nitrogen and oxygen atoms in total. The predicted molar refractivity (Wildman–Crippen MR) is 75.0 cm³/mol. The molecule has 1 amide bonds. The molecule has 2 aromatic rings. The number of amides is 1. The number of nitrogen functional groups attached to an aromatic ring is 1. The third-order valence-corrected chi connectivity index (χ3v) is 3.86. The second-order valence-electron chi connectivity index (χ2n) is 5.15. The van der Waals surface area contributed by atoms with Crippen molar-refractivity contribution in [3.05, 3.63) is 23.5 Å². The molecule has 100 valence electrons. The standard InChI is InChI=1S/C14H18N4O/c1-9-16-12-8-10(7-11(15)13(12)17(9)2)14(19)18-5-3-4-6-18/h7-8H,3-6,15H2,1-2H3. The van der Waals surface area contributed by atoms with E-state index >= 15 is 0 Å². The van der Waals surface area contributed by atoms with Crippen LogP contribution in [0.2, 0.25) is 0 Å². The molecule has 1 aliphatic rings. The number of nitrogens with two attached hydrogens (primary N) is 1. The molecule has 0 bridgehead atoms. The molecule has 0 aliphatic carbocycles. The zero-order chi connectivity index (χ0) is 13.6. The van der Waals surface area contributed by atoms with Gasteiger partial charge in [0.15, 0.2) is 0 Å². The van der Waals surface area contributed by atoms with E-state index in [2.05, 4.69) is 4.98 Å². The largest absolute Gasteiger partial charge is 0.397 e. The normalized spacial score (nSPS) is 15.4. The van der Waals surface area contributed by atoms with Crippen molar-refractivity contribution >= 4 is 22.6 Å². The Hall–Kier alpha value is -2.04. The summed E-state index contributed by atoms with van der Waals surface area (Å²) >= 11 is 0. The SMILES string of the molecule is Cc1nc2cc(C(=O)N3CCCC3)cc(N)c2n1C. The molecule has 0 radical (unpaired) electrons. The molecule has 0 saturated carbocycles. The van der Waals surface area contributed by atoms with E-state index in [0.717, 1.165) is 42.8 Å². The van der Waals surface area contributed by atoms with Gasteiger partial charge in [-0.2, -0.15) is 0 Å². The van der Waals surface area contributed by atoms with Gasteiger partial charge in [-0.3, -0.25) is 4.79 Å². The van der Waals surface area contributed by atoms with Crippen LogP contribution in [0.1, 0.15) is 29.0 Å². The number of nitrogens with zero attached hydrogens (tertiary/aromatic N) is 3. The average Bonchev–Trinajstić information content (AvgIpc) is 2.98.